The molecule has 1 aromatic carbocycles. The molecule has 0 radical (unpaired) electrons. The smallest absolute Gasteiger partial charge is 0.122 e. The van der Waals surface area contributed by atoms with Crippen molar-refractivity contribution in [1.82, 2.24) is 14.5 Å². The van der Waals surface area contributed by atoms with Crippen molar-refractivity contribution < 1.29 is 0 Å². The number of hydrogen-bond donors (Lipinski definition) is 1. The van der Waals surface area contributed by atoms with E-state index in [0.29, 0.717) is 0 Å². The number of nitrogens with two attached hydrogens (primary N) is 1. The van der Waals surface area contributed by atoms with Gasteiger partial charge in [0, 0.05) is 37.7 Å². The fourth-order valence-corrected chi connectivity index (χ4v) is 2.47. The molecule has 94 valence electrons. The van der Waals surface area contributed by atoms with Crippen molar-refractivity contribution in [3.05, 3.63) is 47.5 Å². The molecule has 4 heteroatoms. The van der Waals surface area contributed by atoms with Gasteiger partial charge in [0.1, 0.15) is 5.82 Å². The quantitative estimate of drug-likeness (QED) is 0.817. The van der Waals surface area contributed by atoms with Crippen LogP contribution >= 0.6 is 0 Å². The summed E-state index contributed by atoms with van der Waals surface area (Å²) >= 11 is 0. The zero-order chi connectivity index (χ0) is 12.5. The topological polar surface area (TPSA) is 47.1 Å². The Labute approximate surface area is 107 Å². The number of benzene rings is 1. The van der Waals surface area contributed by atoms with Gasteiger partial charge in [-0.15, -0.1) is 0 Å². The third-order valence-electron chi connectivity index (χ3n) is 3.71. The standard InChI is InChI=1S/C14H18N4/c1-11-12(3-2-4-13(11)15)9-17-7-8-18-6-5-16-14(18)10-17/h2-6H,7-10,15H2,1H3. The lowest BCUT2D eigenvalue weighted by atomic mass is 10.1. The minimum atomic E-state index is 0.881. The van der Waals surface area contributed by atoms with Crippen LogP contribution in [-0.2, 0) is 19.6 Å². The highest BCUT2D eigenvalue weighted by atomic mass is 15.2. The third kappa shape index (κ3) is 1.99. The van der Waals surface area contributed by atoms with E-state index in [-0.39, 0.29) is 0 Å². The summed E-state index contributed by atoms with van der Waals surface area (Å²) in [5.74, 6) is 1.16. The Morgan fingerprint density at radius 3 is 3.11 bits per heavy atom. The van der Waals surface area contributed by atoms with E-state index in [0.717, 1.165) is 37.7 Å². The molecule has 2 aromatic rings. The molecule has 0 fully saturated rings. The molecule has 2 heterocycles. The van der Waals surface area contributed by atoms with Crippen molar-refractivity contribution >= 4 is 5.69 Å². The van der Waals surface area contributed by atoms with E-state index in [4.69, 9.17) is 5.73 Å². The molecule has 1 aliphatic heterocycles. The van der Waals surface area contributed by atoms with Crippen molar-refractivity contribution in [2.24, 2.45) is 0 Å². The first kappa shape index (κ1) is 11.3. The van der Waals surface area contributed by atoms with Gasteiger partial charge in [-0.3, -0.25) is 4.90 Å². The number of fused-ring (bicyclic) bond motifs is 1. The molecule has 4 nitrogen and oxygen atoms in total. The average Bonchev–Trinajstić information content (AvgIpc) is 2.82. The molecule has 0 saturated carbocycles. The van der Waals surface area contributed by atoms with Crippen molar-refractivity contribution in [3.8, 4) is 0 Å². The highest BCUT2D eigenvalue weighted by molar-refractivity contribution is 5.49. The molecule has 0 bridgehead atoms. The monoisotopic (exact) mass is 242 g/mol. The van der Waals surface area contributed by atoms with E-state index >= 15 is 0 Å². The Morgan fingerprint density at radius 1 is 1.33 bits per heavy atom. The number of aromatic nitrogens is 2. The van der Waals surface area contributed by atoms with Crippen LogP contribution < -0.4 is 5.73 Å². The Morgan fingerprint density at radius 2 is 2.22 bits per heavy atom. The molecule has 0 spiro atoms. The van der Waals surface area contributed by atoms with E-state index in [1.807, 2.05) is 18.3 Å². The molecule has 2 N–H and O–H groups in total. The molecule has 0 atom stereocenters. The highest BCUT2D eigenvalue weighted by Crippen LogP contribution is 2.19. The van der Waals surface area contributed by atoms with Gasteiger partial charge in [0.2, 0.25) is 0 Å². The summed E-state index contributed by atoms with van der Waals surface area (Å²) < 4.78 is 2.22. The molecule has 1 aromatic heterocycles. The Balaban J connectivity index is 1.77. The Bertz CT molecular complexity index is 559. The Kier molecular flexibility index (Phi) is 2.80. The highest BCUT2D eigenvalue weighted by Gasteiger charge is 2.17. The summed E-state index contributed by atoms with van der Waals surface area (Å²) in [6.45, 7) is 6.05. The molecular formula is C14H18N4. The maximum Gasteiger partial charge on any atom is 0.122 e. The minimum absolute atomic E-state index is 0.881. The van der Waals surface area contributed by atoms with Gasteiger partial charge in [0.15, 0.2) is 0 Å². The van der Waals surface area contributed by atoms with Crippen LogP contribution in [0.1, 0.15) is 17.0 Å². The molecule has 1 aliphatic rings. The van der Waals surface area contributed by atoms with Gasteiger partial charge in [-0.05, 0) is 24.1 Å². The summed E-state index contributed by atoms with van der Waals surface area (Å²) in [6, 6.07) is 6.15. The van der Waals surface area contributed by atoms with Gasteiger partial charge in [-0.25, -0.2) is 4.98 Å². The van der Waals surface area contributed by atoms with Crippen molar-refractivity contribution in [3.63, 3.8) is 0 Å². The normalized spacial score (nSPS) is 15.6. The molecule has 0 unspecified atom stereocenters. The van der Waals surface area contributed by atoms with Crippen LogP contribution in [0.4, 0.5) is 5.69 Å². The van der Waals surface area contributed by atoms with E-state index in [1.54, 1.807) is 0 Å². The predicted molar refractivity (Wildman–Crippen MR) is 71.9 cm³/mol. The number of nitrogens with zero attached hydrogens (tertiary/aromatic N) is 3. The number of anilines is 1. The van der Waals surface area contributed by atoms with Gasteiger partial charge < -0.3 is 10.3 Å². The van der Waals surface area contributed by atoms with Crippen LogP contribution in [0.25, 0.3) is 0 Å². The van der Waals surface area contributed by atoms with Crippen LogP contribution in [0.15, 0.2) is 30.6 Å². The first-order valence-electron chi connectivity index (χ1n) is 6.30. The van der Waals surface area contributed by atoms with Gasteiger partial charge >= 0.3 is 0 Å². The van der Waals surface area contributed by atoms with Gasteiger partial charge in [0.25, 0.3) is 0 Å². The summed E-state index contributed by atoms with van der Waals surface area (Å²) in [7, 11) is 0. The summed E-state index contributed by atoms with van der Waals surface area (Å²) in [5.41, 5.74) is 9.35. The fourth-order valence-electron chi connectivity index (χ4n) is 2.47. The molecule has 0 saturated heterocycles. The first-order valence-corrected chi connectivity index (χ1v) is 6.30. The van der Waals surface area contributed by atoms with E-state index < -0.39 is 0 Å². The van der Waals surface area contributed by atoms with Crippen LogP contribution in [-0.4, -0.2) is 21.0 Å². The number of imidazole rings is 1. The Hall–Kier alpha value is -1.81. The number of nitrogen functional groups attached to an aromatic ring is 1. The number of rotatable bonds is 2. The van der Waals surface area contributed by atoms with Gasteiger partial charge in [-0.2, -0.15) is 0 Å². The van der Waals surface area contributed by atoms with Crippen molar-refractivity contribution in [1.29, 1.82) is 0 Å². The molecule has 0 aliphatic carbocycles. The number of hydrogen-bond acceptors (Lipinski definition) is 3. The lowest BCUT2D eigenvalue weighted by Gasteiger charge is -2.28. The van der Waals surface area contributed by atoms with Crippen molar-refractivity contribution in [2.75, 3.05) is 12.3 Å². The second-order valence-corrected chi connectivity index (χ2v) is 4.88. The minimum Gasteiger partial charge on any atom is -0.399 e. The van der Waals surface area contributed by atoms with Gasteiger partial charge in [-0.1, -0.05) is 12.1 Å². The molecular weight excluding hydrogens is 224 g/mol. The molecule has 18 heavy (non-hydrogen) atoms. The largest absolute Gasteiger partial charge is 0.399 e. The first-order chi connectivity index (χ1) is 8.74. The van der Waals surface area contributed by atoms with Crippen molar-refractivity contribution in [2.45, 2.75) is 26.6 Å². The lowest BCUT2D eigenvalue weighted by molar-refractivity contribution is 0.208. The van der Waals surface area contributed by atoms with E-state index in [2.05, 4.69) is 33.6 Å². The predicted octanol–water partition coefficient (Wildman–Crippen LogP) is 1.79. The third-order valence-corrected chi connectivity index (χ3v) is 3.71. The zero-order valence-electron chi connectivity index (χ0n) is 10.6. The van der Waals surface area contributed by atoms with Crippen LogP contribution in [0, 0.1) is 6.92 Å². The summed E-state index contributed by atoms with van der Waals surface area (Å²) in [5, 5.41) is 0. The summed E-state index contributed by atoms with van der Waals surface area (Å²) in [6.07, 6.45) is 3.93. The average molecular weight is 242 g/mol. The van der Waals surface area contributed by atoms with Gasteiger partial charge in [0.05, 0.1) is 6.54 Å². The molecule has 0 amide bonds. The fraction of sp³-hybridized carbons (Fsp3) is 0.357. The molecule has 3 rings (SSSR count). The second-order valence-electron chi connectivity index (χ2n) is 4.88. The maximum atomic E-state index is 5.95. The lowest BCUT2D eigenvalue weighted by Crippen LogP contribution is -2.33. The van der Waals surface area contributed by atoms with Crippen LogP contribution in [0.3, 0.4) is 0 Å². The maximum absolute atomic E-state index is 5.95. The van der Waals surface area contributed by atoms with E-state index in [9.17, 15) is 0 Å². The van der Waals surface area contributed by atoms with Crippen LogP contribution in [0.5, 0.6) is 0 Å². The van der Waals surface area contributed by atoms with E-state index in [1.165, 1.54) is 11.1 Å². The zero-order valence-corrected chi connectivity index (χ0v) is 10.6. The van der Waals surface area contributed by atoms with Crippen LogP contribution in [0.2, 0.25) is 0 Å². The summed E-state index contributed by atoms with van der Waals surface area (Å²) in [4.78, 5) is 6.81. The second kappa shape index (κ2) is 4.46. The SMILES string of the molecule is Cc1c(N)cccc1CN1CCn2ccnc2C1.